The molecule has 20 heavy (non-hydrogen) atoms. The molecular weight excluding hydrogens is 262 g/mol. The van der Waals surface area contributed by atoms with Crippen LogP contribution in [0.1, 0.15) is 26.2 Å². The largest absolute Gasteiger partial charge is 0.389 e. The summed E-state index contributed by atoms with van der Waals surface area (Å²) in [6.07, 6.45) is 4.39. The summed E-state index contributed by atoms with van der Waals surface area (Å²) in [5.74, 6) is -0.342. The highest BCUT2D eigenvalue weighted by Gasteiger charge is 2.29. The summed E-state index contributed by atoms with van der Waals surface area (Å²) in [7, 11) is 0. The van der Waals surface area contributed by atoms with Crippen molar-refractivity contribution in [3.8, 4) is 0 Å². The van der Waals surface area contributed by atoms with Crippen LogP contribution in [0.25, 0.3) is 0 Å². The first-order valence-corrected chi connectivity index (χ1v) is 6.72. The number of piperidine rings is 1. The van der Waals surface area contributed by atoms with Gasteiger partial charge in [0.25, 0.3) is 0 Å². The maximum atomic E-state index is 12.3. The lowest BCUT2D eigenvalue weighted by Gasteiger charge is -2.37. The summed E-state index contributed by atoms with van der Waals surface area (Å²) >= 11 is 0. The highest BCUT2D eigenvalue weighted by molar-refractivity contribution is 5.76. The number of carbonyl (C=O) groups excluding carboxylic acids is 1. The van der Waals surface area contributed by atoms with Crippen molar-refractivity contribution in [1.82, 2.24) is 14.7 Å². The van der Waals surface area contributed by atoms with Gasteiger partial charge in [-0.3, -0.25) is 4.79 Å². The second kappa shape index (κ2) is 6.00. The van der Waals surface area contributed by atoms with Gasteiger partial charge in [0.2, 0.25) is 5.91 Å². The van der Waals surface area contributed by atoms with Gasteiger partial charge in [-0.05, 0) is 31.1 Å². The first-order valence-electron chi connectivity index (χ1n) is 6.72. The average Bonchev–Trinajstić information content (AvgIpc) is 2.87. The predicted octanol–water partition coefficient (Wildman–Crippen LogP) is 0.520. The summed E-state index contributed by atoms with van der Waals surface area (Å²) < 4.78 is 1.30. The van der Waals surface area contributed by atoms with Gasteiger partial charge in [-0.2, -0.15) is 4.68 Å². The first-order chi connectivity index (χ1) is 9.49. The minimum absolute atomic E-state index is 0.0110. The molecule has 1 amide bonds. The van der Waals surface area contributed by atoms with Crippen molar-refractivity contribution in [1.29, 1.82) is 0 Å². The molecule has 0 aromatic carbocycles. The fraction of sp³-hybridized carbons (Fsp3) is 0.667. The van der Waals surface area contributed by atoms with Crippen LogP contribution < -0.4 is 5.73 Å². The van der Waals surface area contributed by atoms with E-state index in [4.69, 9.17) is 5.73 Å². The minimum atomic E-state index is -0.577. The van der Waals surface area contributed by atoms with E-state index in [1.807, 2.05) is 6.92 Å². The van der Waals surface area contributed by atoms with Gasteiger partial charge >= 0.3 is 5.82 Å². The van der Waals surface area contributed by atoms with Gasteiger partial charge in [0.1, 0.15) is 6.54 Å². The van der Waals surface area contributed by atoms with E-state index in [0.29, 0.717) is 6.54 Å². The number of rotatable bonds is 4. The molecule has 0 aliphatic carbocycles. The Balaban J connectivity index is 2.04. The van der Waals surface area contributed by atoms with Crippen LogP contribution in [-0.2, 0) is 11.3 Å². The van der Waals surface area contributed by atoms with Gasteiger partial charge < -0.3 is 20.7 Å². The molecule has 2 unspecified atom stereocenters. The summed E-state index contributed by atoms with van der Waals surface area (Å²) in [6, 6.07) is 1.25. The lowest BCUT2D eigenvalue weighted by molar-refractivity contribution is -0.389. The van der Waals surface area contributed by atoms with E-state index in [-0.39, 0.29) is 30.4 Å². The molecular formula is C12H19N5O3. The maximum Gasteiger partial charge on any atom is 0.389 e. The summed E-state index contributed by atoms with van der Waals surface area (Å²) in [4.78, 5) is 24.1. The van der Waals surface area contributed by atoms with E-state index in [1.165, 1.54) is 16.9 Å². The van der Waals surface area contributed by atoms with Crippen LogP contribution in [0.2, 0.25) is 0 Å². The van der Waals surface area contributed by atoms with Crippen molar-refractivity contribution in [3.63, 3.8) is 0 Å². The molecule has 0 bridgehead atoms. The van der Waals surface area contributed by atoms with Crippen molar-refractivity contribution >= 4 is 11.7 Å². The smallest absolute Gasteiger partial charge is 0.358 e. The molecule has 1 aromatic rings. The number of hydrogen-bond donors (Lipinski definition) is 1. The summed E-state index contributed by atoms with van der Waals surface area (Å²) in [5.41, 5.74) is 5.93. The highest BCUT2D eigenvalue weighted by atomic mass is 16.6. The highest BCUT2D eigenvalue weighted by Crippen LogP contribution is 2.19. The number of nitrogens with two attached hydrogens (primary N) is 1. The van der Waals surface area contributed by atoms with Gasteiger partial charge in [-0.25, -0.2) is 0 Å². The van der Waals surface area contributed by atoms with E-state index in [0.717, 1.165) is 19.3 Å². The third kappa shape index (κ3) is 3.13. The Hall–Kier alpha value is -1.96. The molecule has 1 fully saturated rings. The zero-order valence-corrected chi connectivity index (χ0v) is 11.4. The molecule has 2 N–H and O–H groups in total. The van der Waals surface area contributed by atoms with Crippen molar-refractivity contribution in [2.24, 2.45) is 5.73 Å². The molecule has 1 aliphatic heterocycles. The maximum absolute atomic E-state index is 12.3. The number of nitrogens with zero attached hydrogens (tertiary/aromatic N) is 4. The van der Waals surface area contributed by atoms with Crippen LogP contribution in [0.15, 0.2) is 12.3 Å². The second-order valence-corrected chi connectivity index (χ2v) is 5.14. The molecule has 0 saturated carbocycles. The minimum Gasteiger partial charge on any atom is -0.358 e. The standard InChI is InChI=1S/C12H19N5O3/c1-9(13)10-4-2-3-6-16(10)12(18)8-15-7-5-11(14-15)17(19)20/h5,7,9-10H,2-4,6,8,13H2,1H3. The zero-order valence-electron chi connectivity index (χ0n) is 11.4. The Kier molecular flexibility index (Phi) is 4.33. The Labute approximate surface area is 116 Å². The molecule has 2 atom stereocenters. The van der Waals surface area contributed by atoms with E-state index >= 15 is 0 Å². The van der Waals surface area contributed by atoms with Gasteiger partial charge in [0, 0.05) is 18.6 Å². The normalized spacial score (nSPS) is 20.7. The number of amides is 1. The Morgan fingerprint density at radius 3 is 3.00 bits per heavy atom. The Bertz CT molecular complexity index is 499. The van der Waals surface area contributed by atoms with E-state index < -0.39 is 4.92 Å². The molecule has 8 nitrogen and oxygen atoms in total. The van der Waals surface area contributed by atoms with Crippen LogP contribution in [-0.4, -0.2) is 44.1 Å². The van der Waals surface area contributed by atoms with Gasteiger partial charge in [0.05, 0.1) is 17.4 Å². The van der Waals surface area contributed by atoms with Gasteiger partial charge in [-0.15, -0.1) is 0 Å². The van der Waals surface area contributed by atoms with Crippen LogP contribution >= 0.6 is 0 Å². The first kappa shape index (κ1) is 14.4. The molecule has 1 aliphatic rings. The summed E-state index contributed by atoms with van der Waals surface area (Å²) in [6.45, 7) is 2.60. The average molecular weight is 281 g/mol. The van der Waals surface area contributed by atoms with Crippen molar-refractivity contribution in [3.05, 3.63) is 22.4 Å². The molecule has 8 heteroatoms. The fourth-order valence-electron chi connectivity index (χ4n) is 2.58. The van der Waals surface area contributed by atoms with Crippen LogP contribution in [0.3, 0.4) is 0 Å². The number of hydrogen-bond acceptors (Lipinski definition) is 5. The topological polar surface area (TPSA) is 107 Å². The molecule has 1 aromatic heterocycles. The third-order valence-electron chi connectivity index (χ3n) is 3.59. The quantitative estimate of drug-likeness (QED) is 0.639. The Morgan fingerprint density at radius 1 is 1.65 bits per heavy atom. The summed E-state index contributed by atoms with van der Waals surface area (Å²) in [5, 5.41) is 14.3. The lowest BCUT2D eigenvalue weighted by atomic mass is 9.97. The molecule has 2 rings (SSSR count). The van der Waals surface area contributed by atoms with E-state index in [2.05, 4.69) is 5.10 Å². The molecule has 0 radical (unpaired) electrons. The fourth-order valence-corrected chi connectivity index (χ4v) is 2.58. The van der Waals surface area contributed by atoms with Crippen molar-refractivity contribution < 1.29 is 9.72 Å². The monoisotopic (exact) mass is 281 g/mol. The number of nitro groups is 1. The second-order valence-electron chi connectivity index (χ2n) is 5.14. The van der Waals surface area contributed by atoms with Crippen molar-refractivity contribution in [2.75, 3.05) is 6.54 Å². The zero-order chi connectivity index (χ0) is 14.7. The van der Waals surface area contributed by atoms with Crippen molar-refractivity contribution in [2.45, 2.75) is 44.8 Å². The van der Waals surface area contributed by atoms with Crippen LogP contribution in [0.5, 0.6) is 0 Å². The lowest BCUT2D eigenvalue weighted by Crippen LogP contribution is -2.52. The van der Waals surface area contributed by atoms with E-state index in [1.54, 1.807) is 4.90 Å². The SMILES string of the molecule is CC(N)C1CCCCN1C(=O)Cn1ccc([N+](=O)[O-])n1. The predicted molar refractivity (Wildman–Crippen MR) is 71.9 cm³/mol. The van der Waals surface area contributed by atoms with Crippen LogP contribution in [0.4, 0.5) is 5.82 Å². The Morgan fingerprint density at radius 2 is 2.40 bits per heavy atom. The van der Waals surface area contributed by atoms with Gasteiger partial charge in [0.15, 0.2) is 0 Å². The molecule has 1 saturated heterocycles. The van der Waals surface area contributed by atoms with Crippen LogP contribution in [0, 0.1) is 10.1 Å². The number of carbonyl (C=O) groups is 1. The molecule has 110 valence electrons. The number of aromatic nitrogens is 2. The van der Waals surface area contributed by atoms with E-state index in [9.17, 15) is 14.9 Å². The molecule has 2 heterocycles. The molecule has 0 spiro atoms. The third-order valence-corrected chi connectivity index (χ3v) is 3.59. The number of likely N-dealkylation sites (tertiary alicyclic amines) is 1. The van der Waals surface area contributed by atoms with Gasteiger partial charge in [-0.1, -0.05) is 0 Å².